The van der Waals surface area contributed by atoms with Crippen LogP contribution in [0.15, 0.2) is 0 Å². The highest BCUT2D eigenvalue weighted by atomic mass is 19.4. The first-order valence-electron chi connectivity index (χ1n) is 4.05. The van der Waals surface area contributed by atoms with Crippen LogP contribution in [0, 0.1) is 0 Å². The van der Waals surface area contributed by atoms with Crippen LogP contribution in [0.1, 0.15) is 19.3 Å². The second kappa shape index (κ2) is 2.60. The van der Waals surface area contributed by atoms with Gasteiger partial charge in [0.25, 0.3) is 0 Å². The zero-order chi connectivity index (χ0) is 8.77. The van der Waals surface area contributed by atoms with Crippen molar-refractivity contribution in [3.63, 3.8) is 0 Å². The van der Waals surface area contributed by atoms with E-state index in [1.54, 1.807) is 0 Å². The molecule has 2 aliphatic heterocycles. The minimum Gasteiger partial charge on any atom is -0.309 e. The van der Waals surface area contributed by atoms with Crippen LogP contribution in [0.2, 0.25) is 0 Å². The second-order valence-corrected chi connectivity index (χ2v) is 3.39. The maximum Gasteiger partial charge on any atom is 0.522 e. The van der Waals surface area contributed by atoms with Crippen LogP contribution in [0.3, 0.4) is 0 Å². The van der Waals surface area contributed by atoms with Gasteiger partial charge in [0.1, 0.15) is 0 Å². The molecule has 3 atom stereocenters. The van der Waals surface area contributed by atoms with Gasteiger partial charge in [-0.25, -0.2) is 0 Å². The Kier molecular flexibility index (Phi) is 1.80. The number of hydrogen-bond donors (Lipinski definition) is 1. The third-order valence-electron chi connectivity index (χ3n) is 2.53. The summed E-state index contributed by atoms with van der Waals surface area (Å²) in [6.07, 6.45) is -2.82. The summed E-state index contributed by atoms with van der Waals surface area (Å²) in [7, 11) is 0. The van der Waals surface area contributed by atoms with Gasteiger partial charge in [-0.05, 0) is 19.3 Å². The summed E-state index contributed by atoms with van der Waals surface area (Å²) in [6, 6.07) is 0.180. The van der Waals surface area contributed by atoms with Crippen LogP contribution in [0.5, 0.6) is 0 Å². The molecule has 2 rings (SSSR count). The highest BCUT2D eigenvalue weighted by Crippen LogP contribution is 2.33. The molecule has 2 bridgehead atoms. The number of nitrogens with one attached hydrogen (secondary N) is 1. The molecule has 2 aliphatic rings. The van der Waals surface area contributed by atoms with Gasteiger partial charge in [-0.1, -0.05) is 0 Å². The van der Waals surface area contributed by atoms with Crippen molar-refractivity contribution in [3.05, 3.63) is 0 Å². The van der Waals surface area contributed by atoms with Gasteiger partial charge in [0.05, 0.1) is 6.10 Å². The molecule has 5 heteroatoms. The molecule has 70 valence electrons. The Morgan fingerprint density at radius 1 is 1.25 bits per heavy atom. The van der Waals surface area contributed by atoms with Gasteiger partial charge in [0.2, 0.25) is 0 Å². The number of hydrogen-bond acceptors (Lipinski definition) is 2. The van der Waals surface area contributed by atoms with E-state index >= 15 is 0 Å². The van der Waals surface area contributed by atoms with Crippen molar-refractivity contribution in [2.24, 2.45) is 0 Å². The monoisotopic (exact) mass is 181 g/mol. The van der Waals surface area contributed by atoms with Crippen LogP contribution in [0.25, 0.3) is 0 Å². The molecule has 0 aromatic rings. The molecule has 0 saturated carbocycles. The quantitative estimate of drug-likeness (QED) is 0.660. The topological polar surface area (TPSA) is 21.3 Å². The molecule has 2 fully saturated rings. The number of rotatable bonds is 1. The molecule has 2 nitrogen and oxygen atoms in total. The van der Waals surface area contributed by atoms with E-state index in [0.717, 1.165) is 12.8 Å². The highest BCUT2D eigenvalue weighted by molar-refractivity contribution is 4.98. The van der Waals surface area contributed by atoms with Crippen LogP contribution in [-0.4, -0.2) is 24.6 Å². The largest absolute Gasteiger partial charge is 0.522 e. The third kappa shape index (κ3) is 1.56. The van der Waals surface area contributed by atoms with Crippen molar-refractivity contribution in [2.45, 2.75) is 43.8 Å². The normalized spacial score (nSPS) is 40.8. The lowest BCUT2D eigenvalue weighted by Crippen LogP contribution is -2.34. The Labute approximate surface area is 68.1 Å². The van der Waals surface area contributed by atoms with Gasteiger partial charge in [0, 0.05) is 12.1 Å². The molecule has 2 saturated heterocycles. The first kappa shape index (κ1) is 8.31. The summed E-state index contributed by atoms with van der Waals surface area (Å²) in [5, 5.41) is 3.08. The van der Waals surface area contributed by atoms with E-state index in [-0.39, 0.29) is 12.1 Å². The fraction of sp³-hybridized carbons (Fsp3) is 1.00. The van der Waals surface area contributed by atoms with Crippen molar-refractivity contribution in [2.75, 3.05) is 0 Å². The van der Waals surface area contributed by atoms with Crippen molar-refractivity contribution in [1.29, 1.82) is 0 Å². The van der Waals surface area contributed by atoms with Gasteiger partial charge < -0.3 is 5.32 Å². The Bertz CT molecular complexity index is 182. The van der Waals surface area contributed by atoms with Gasteiger partial charge in [-0.15, -0.1) is 13.2 Å². The summed E-state index contributed by atoms with van der Waals surface area (Å²) in [5.41, 5.74) is 0. The second-order valence-electron chi connectivity index (χ2n) is 3.39. The molecule has 0 aromatic heterocycles. The predicted octanol–water partition coefficient (Wildman–Crippen LogP) is 1.42. The Balaban J connectivity index is 1.91. The summed E-state index contributed by atoms with van der Waals surface area (Å²) in [6.45, 7) is 0. The molecule has 2 heterocycles. The van der Waals surface area contributed by atoms with Crippen molar-refractivity contribution < 1.29 is 17.9 Å². The summed E-state index contributed by atoms with van der Waals surface area (Å²) < 4.78 is 39.3. The summed E-state index contributed by atoms with van der Waals surface area (Å²) >= 11 is 0. The lowest BCUT2D eigenvalue weighted by Gasteiger charge is -2.21. The van der Waals surface area contributed by atoms with Gasteiger partial charge in [0.15, 0.2) is 0 Å². The van der Waals surface area contributed by atoms with E-state index in [1.807, 2.05) is 0 Å². The van der Waals surface area contributed by atoms with Crippen molar-refractivity contribution in [3.8, 4) is 0 Å². The molecule has 0 radical (unpaired) electrons. The van der Waals surface area contributed by atoms with E-state index < -0.39 is 12.5 Å². The Morgan fingerprint density at radius 2 is 2.00 bits per heavy atom. The lowest BCUT2D eigenvalue weighted by molar-refractivity contribution is -0.344. The summed E-state index contributed by atoms with van der Waals surface area (Å²) in [5.74, 6) is 0. The minimum atomic E-state index is -4.48. The molecule has 0 spiro atoms. The van der Waals surface area contributed by atoms with E-state index in [2.05, 4.69) is 10.1 Å². The van der Waals surface area contributed by atoms with Crippen LogP contribution in [0.4, 0.5) is 13.2 Å². The van der Waals surface area contributed by atoms with E-state index in [4.69, 9.17) is 0 Å². The standard InChI is InChI=1S/C7H10F3NO/c8-7(9,10)12-6-3-4-1-2-5(6)11-4/h4-6,11H,1-3H2/t4-,5+,6?/m1/s1. The number of ether oxygens (including phenoxy) is 1. The first-order valence-corrected chi connectivity index (χ1v) is 4.05. The molecule has 1 unspecified atom stereocenters. The molecule has 0 amide bonds. The van der Waals surface area contributed by atoms with Crippen LogP contribution in [-0.2, 0) is 4.74 Å². The number of alkyl halides is 3. The zero-order valence-corrected chi connectivity index (χ0v) is 6.40. The van der Waals surface area contributed by atoms with E-state index in [1.165, 1.54) is 0 Å². The van der Waals surface area contributed by atoms with Gasteiger partial charge in [-0.3, -0.25) is 4.74 Å². The average Bonchev–Trinajstić information content (AvgIpc) is 2.42. The maximum atomic E-state index is 11.8. The fourth-order valence-electron chi connectivity index (χ4n) is 2.08. The van der Waals surface area contributed by atoms with Crippen molar-refractivity contribution >= 4 is 0 Å². The molecule has 12 heavy (non-hydrogen) atoms. The average molecular weight is 181 g/mol. The SMILES string of the molecule is FC(F)(F)OC1C[C@H]2CC[C@@H]1N2. The molecular weight excluding hydrogens is 171 g/mol. The Morgan fingerprint density at radius 3 is 2.42 bits per heavy atom. The predicted molar refractivity (Wildman–Crippen MR) is 35.5 cm³/mol. The van der Waals surface area contributed by atoms with Gasteiger partial charge in [-0.2, -0.15) is 0 Å². The van der Waals surface area contributed by atoms with Crippen molar-refractivity contribution in [1.82, 2.24) is 5.32 Å². The number of fused-ring (bicyclic) bond motifs is 2. The highest BCUT2D eigenvalue weighted by Gasteiger charge is 2.45. The fourth-order valence-corrected chi connectivity index (χ4v) is 2.08. The molecular formula is C7H10F3NO. The van der Waals surface area contributed by atoms with Gasteiger partial charge >= 0.3 is 6.36 Å². The van der Waals surface area contributed by atoms with E-state index in [9.17, 15) is 13.2 Å². The third-order valence-corrected chi connectivity index (χ3v) is 2.53. The Hall–Kier alpha value is -0.290. The minimum absolute atomic E-state index is 0.0726. The zero-order valence-electron chi connectivity index (χ0n) is 6.40. The summed E-state index contributed by atoms with van der Waals surface area (Å²) in [4.78, 5) is 0. The lowest BCUT2D eigenvalue weighted by atomic mass is 9.98. The van der Waals surface area contributed by atoms with Crippen LogP contribution >= 0.6 is 0 Å². The smallest absolute Gasteiger partial charge is 0.309 e. The molecule has 1 N–H and O–H groups in total. The number of halogens is 3. The maximum absolute atomic E-state index is 11.8. The molecule has 0 aromatic carbocycles. The first-order chi connectivity index (χ1) is 5.54. The van der Waals surface area contributed by atoms with E-state index in [0.29, 0.717) is 6.42 Å². The van der Waals surface area contributed by atoms with Crippen LogP contribution < -0.4 is 5.32 Å². The molecule has 0 aliphatic carbocycles.